The molecule has 8 rings (SSSR count). The summed E-state index contributed by atoms with van der Waals surface area (Å²) in [5, 5.41) is 0. The summed E-state index contributed by atoms with van der Waals surface area (Å²) in [6.45, 7) is 9.29. The van der Waals surface area contributed by atoms with Crippen LogP contribution >= 0.6 is 0 Å². The number of nitrogen functional groups attached to an aromatic ring is 1. The molecule has 0 heterocycles. The Labute approximate surface area is 297 Å². The predicted octanol–water partition coefficient (Wildman–Crippen LogP) is 12.9. The number of anilines is 1. The normalized spacial score (nSPS) is 21.0. The lowest BCUT2D eigenvalue weighted by molar-refractivity contribution is 0.581. The van der Waals surface area contributed by atoms with Crippen molar-refractivity contribution in [3.8, 4) is 33.4 Å². The lowest BCUT2D eigenvalue weighted by Crippen LogP contribution is -2.17. The van der Waals surface area contributed by atoms with E-state index in [1.807, 2.05) is 6.07 Å². The number of fused-ring (bicyclic) bond motifs is 4. The maximum Gasteiger partial charge on any atom is 0.0316 e. The largest absolute Gasteiger partial charge is 0.399 e. The van der Waals surface area contributed by atoms with Crippen molar-refractivity contribution >= 4 is 11.3 Å². The summed E-state index contributed by atoms with van der Waals surface area (Å²) in [7, 11) is 0. The van der Waals surface area contributed by atoms with Gasteiger partial charge in [-0.3, -0.25) is 0 Å². The smallest absolute Gasteiger partial charge is 0.0316 e. The zero-order valence-corrected chi connectivity index (χ0v) is 28.9. The van der Waals surface area contributed by atoms with Crippen LogP contribution in [0.3, 0.4) is 0 Å². The fraction of sp³-hybridized carbons (Fsp3) is 0.143. The number of hydrogen-bond acceptors (Lipinski definition) is 1. The molecule has 0 spiro atoms. The first kappa shape index (κ1) is 31.6. The zero-order valence-electron chi connectivity index (χ0n) is 28.9. The maximum absolute atomic E-state index is 6.25. The molecule has 2 N–H and O–H groups in total. The van der Waals surface area contributed by atoms with Gasteiger partial charge in [-0.05, 0) is 121 Å². The van der Waals surface area contributed by atoms with Crippen LogP contribution in [0.4, 0.5) is 5.69 Å². The molecule has 6 aromatic carbocycles. The molecule has 1 heteroatoms. The Morgan fingerprint density at radius 1 is 0.520 bits per heavy atom. The van der Waals surface area contributed by atoms with E-state index in [0.29, 0.717) is 11.8 Å². The van der Waals surface area contributed by atoms with Crippen molar-refractivity contribution in [2.75, 3.05) is 5.73 Å². The average molecular weight is 646 g/mol. The number of hydrogen-bond donors (Lipinski definition) is 1. The summed E-state index contributed by atoms with van der Waals surface area (Å²) in [4.78, 5) is 0. The zero-order chi connectivity index (χ0) is 34.2. The fourth-order valence-corrected chi connectivity index (χ4v) is 8.45. The van der Waals surface area contributed by atoms with Crippen molar-refractivity contribution in [1.82, 2.24) is 0 Å². The molecule has 4 atom stereocenters. The van der Waals surface area contributed by atoms with Crippen LogP contribution in [0.5, 0.6) is 0 Å². The lowest BCUT2D eigenvalue weighted by atomic mass is 9.69. The molecule has 4 unspecified atom stereocenters. The Kier molecular flexibility index (Phi) is 8.43. The highest BCUT2D eigenvalue weighted by molar-refractivity contribution is 5.84. The Hall–Kier alpha value is -5.66. The standard InChI is InChI=1S/C49H43N/c1-32-14-6-4-9-21-42(39-18-13-20-41(50)29-39)33(2)43-26-24-37(30-47(32)43)38-25-27-44-34(3)49(46-23-11-10-22-45(46)48(44)31-38)40-19-12-17-36(28-40)35-15-7-5-8-16-35/h4-20,22-31,33-34,42,49H,1,21,50H2,2-3H3/b9-4-,14-6-. The highest BCUT2D eigenvalue weighted by atomic mass is 14.5. The highest BCUT2D eigenvalue weighted by Crippen LogP contribution is 2.51. The van der Waals surface area contributed by atoms with Crippen LogP contribution in [-0.4, -0.2) is 0 Å². The summed E-state index contributed by atoms with van der Waals surface area (Å²) in [5.41, 5.74) is 23.7. The Bertz CT molecular complexity index is 2270. The van der Waals surface area contributed by atoms with E-state index in [9.17, 15) is 0 Å². The Morgan fingerprint density at radius 3 is 1.98 bits per heavy atom. The summed E-state index contributed by atoms with van der Waals surface area (Å²) >= 11 is 0. The predicted molar refractivity (Wildman–Crippen MR) is 213 cm³/mol. The van der Waals surface area contributed by atoms with Gasteiger partial charge in [0.15, 0.2) is 0 Å². The van der Waals surface area contributed by atoms with Crippen LogP contribution in [0.2, 0.25) is 0 Å². The second kappa shape index (κ2) is 13.3. The van der Waals surface area contributed by atoms with Gasteiger partial charge in [-0.1, -0.05) is 160 Å². The van der Waals surface area contributed by atoms with Gasteiger partial charge in [-0.25, -0.2) is 0 Å². The highest BCUT2D eigenvalue weighted by Gasteiger charge is 2.32. The fourth-order valence-electron chi connectivity index (χ4n) is 8.45. The van der Waals surface area contributed by atoms with E-state index in [1.54, 1.807) is 0 Å². The van der Waals surface area contributed by atoms with Crippen LogP contribution in [0.15, 0.2) is 170 Å². The van der Waals surface area contributed by atoms with Gasteiger partial charge in [0.1, 0.15) is 0 Å². The Balaban J connectivity index is 1.19. The first-order valence-corrected chi connectivity index (χ1v) is 17.9. The molecule has 0 fully saturated rings. The van der Waals surface area contributed by atoms with Gasteiger partial charge in [-0.15, -0.1) is 0 Å². The molecule has 0 bridgehead atoms. The second-order valence-corrected chi connectivity index (χ2v) is 14.1. The molecular formula is C49H43N. The van der Waals surface area contributed by atoms with Crippen LogP contribution in [0.1, 0.15) is 77.3 Å². The molecule has 50 heavy (non-hydrogen) atoms. The molecule has 1 nitrogen and oxygen atoms in total. The molecule has 6 aromatic rings. The number of allylic oxidation sites excluding steroid dienone is 5. The minimum absolute atomic E-state index is 0.274. The SMILES string of the molecule is C=C1/C=C\C=C/CC(c2cccc(N)c2)C(C)c2ccc(-c3ccc4c(c3)-c3ccccc3C(c3cccc(-c5ccccc5)c3)C4C)cc21. The van der Waals surface area contributed by atoms with Gasteiger partial charge in [-0.2, -0.15) is 0 Å². The minimum atomic E-state index is 0.274. The van der Waals surface area contributed by atoms with E-state index in [0.717, 1.165) is 17.7 Å². The van der Waals surface area contributed by atoms with Gasteiger partial charge in [0.25, 0.3) is 0 Å². The topological polar surface area (TPSA) is 26.0 Å². The molecular weight excluding hydrogens is 603 g/mol. The quantitative estimate of drug-likeness (QED) is 0.190. The maximum atomic E-state index is 6.25. The Morgan fingerprint density at radius 2 is 1.18 bits per heavy atom. The lowest BCUT2D eigenvalue weighted by Gasteiger charge is -2.34. The van der Waals surface area contributed by atoms with Gasteiger partial charge in [0.2, 0.25) is 0 Å². The molecule has 2 aliphatic rings. The summed E-state index contributed by atoms with van der Waals surface area (Å²) in [6.07, 6.45) is 9.63. The van der Waals surface area contributed by atoms with Gasteiger partial charge < -0.3 is 5.73 Å². The van der Waals surface area contributed by atoms with Gasteiger partial charge in [0.05, 0.1) is 0 Å². The molecule has 0 aromatic heterocycles. The summed E-state index contributed by atoms with van der Waals surface area (Å²) in [6, 6.07) is 51.4. The summed E-state index contributed by atoms with van der Waals surface area (Å²) in [5.74, 6) is 1.19. The first-order valence-electron chi connectivity index (χ1n) is 17.9. The van der Waals surface area contributed by atoms with Crippen molar-refractivity contribution < 1.29 is 0 Å². The van der Waals surface area contributed by atoms with Crippen molar-refractivity contribution in [2.45, 2.75) is 43.9 Å². The van der Waals surface area contributed by atoms with E-state index in [1.165, 1.54) is 66.8 Å². The minimum Gasteiger partial charge on any atom is -0.399 e. The van der Waals surface area contributed by atoms with Crippen LogP contribution in [0.25, 0.3) is 39.0 Å². The third-order valence-electron chi connectivity index (χ3n) is 11.1. The molecule has 244 valence electrons. The summed E-state index contributed by atoms with van der Waals surface area (Å²) < 4.78 is 0. The third kappa shape index (κ3) is 5.84. The molecule has 0 aliphatic heterocycles. The van der Waals surface area contributed by atoms with E-state index in [4.69, 9.17) is 5.73 Å². The van der Waals surface area contributed by atoms with Crippen molar-refractivity contribution in [3.05, 3.63) is 204 Å². The molecule has 2 aliphatic carbocycles. The van der Waals surface area contributed by atoms with Gasteiger partial charge >= 0.3 is 0 Å². The van der Waals surface area contributed by atoms with Crippen LogP contribution < -0.4 is 5.73 Å². The number of benzene rings is 6. The van der Waals surface area contributed by atoms with Crippen LogP contribution in [-0.2, 0) is 0 Å². The first-order chi connectivity index (χ1) is 24.5. The molecule has 0 saturated heterocycles. The molecule has 0 saturated carbocycles. The number of nitrogens with two attached hydrogens (primary N) is 1. The van der Waals surface area contributed by atoms with E-state index < -0.39 is 0 Å². The van der Waals surface area contributed by atoms with E-state index in [-0.39, 0.29) is 11.8 Å². The van der Waals surface area contributed by atoms with Crippen LogP contribution in [0, 0.1) is 0 Å². The van der Waals surface area contributed by atoms with Crippen molar-refractivity contribution in [3.63, 3.8) is 0 Å². The third-order valence-corrected chi connectivity index (χ3v) is 11.1. The average Bonchev–Trinajstić information content (AvgIpc) is 3.16. The van der Waals surface area contributed by atoms with E-state index in [2.05, 4.69) is 178 Å². The van der Waals surface area contributed by atoms with Gasteiger partial charge in [0, 0.05) is 11.6 Å². The monoisotopic (exact) mass is 645 g/mol. The number of rotatable bonds is 4. The molecule has 0 amide bonds. The van der Waals surface area contributed by atoms with Crippen molar-refractivity contribution in [2.24, 2.45) is 0 Å². The van der Waals surface area contributed by atoms with E-state index >= 15 is 0 Å². The molecule has 0 radical (unpaired) electrons. The van der Waals surface area contributed by atoms with Crippen molar-refractivity contribution in [1.29, 1.82) is 0 Å². The second-order valence-electron chi connectivity index (χ2n) is 14.1.